The molecule has 2 aliphatic rings. The van der Waals surface area contributed by atoms with Gasteiger partial charge in [-0.1, -0.05) is 146 Å². The fourth-order valence-corrected chi connectivity index (χ4v) is 7.58. The topological polar surface area (TPSA) is 45.2 Å². The zero-order chi connectivity index (χ0) is 35.0. The molecule has 3 heterocycles. The van der Waals surface area contributed by atoms with Crippen LogP contribution in [-0.2, 0) is 0 Å². The maximum Gasteiger partial charge on any atom is 0.421 e. The molecule has 6 heteroatoms. The summed E-state index contributed by atoms with van der Waals surface area (Å²) >= 11 is 0. The summed E-state index contributed by atoms with van der Waals surface area (Å²) in [5.74, 6) is 1.81. The maximum absolute atomic E-state index is 5.07. The minimum Gasteiger partial charge on any atom is -0.361 e. The Morgan fingerprint density at radius 2 is 1.08 bits per heavy atom. The summed E-state index contributed by atoms with van der Waals surface area (Å²) in [6.45, 7) is 5.77. The second-order valence-electron chi connectivity index (χ2n) is 12.8. The second kappa shape index (κ2) is 13.2. The van der Waals surface area contributed by atoms with E-state index in [9.17, 15) is 0 Å². The van der Waals surface area contributed by atoms with Crippen LogP contribution in [0.4, 0.5) is 22.7 Å². The average molecular weight is 668 g/mol. The van der Waals surface area contributed by atoms with E-state index in [2.05, 4.69) is 138 Å². The molecule has 7 aromatic rings. The molecular formula is C46H34BN5. The number of hydrogen-bond donors (Lipinski definition) is 0. The molecule has 0 atom stereocenters. The minimum absolute atomic E-state index is 0.167. The van der Waals surface area contributed by atoms with Gasteiger partial charge in [0.15, 0.2) is 17.5 Å². The van der Waals surface area contributed by atoms with Crippen LogP contribution in [0.15, 0.2) is 183 Å². The summed E-state index contributed by atoms with van der Waals surface area (Å²) in [5.41, 5.74) is 13.4. The van der Waals surface area contributed by atoms with Gasteiger partial charge in [0.2, 0.25) is 0 Å². The van der Waals surface area contributed by atoms with Crippen molar-refractivity contribution < 1.29 is 0 Å². The maximum atomic E-state index is 5.07. The fraction of sp³-hybridized carbons (Fsp3) is 0.0217. The van der Waals surface area contributed by atoms with Crippen molar-refractivity contribution in [3.63, 3.8) is 0 Å². The molecule has 0 amide bonds. The van der Waals surface area contributed by atoms with Gasteiger partial charge in [-0.3, -0.25) is 0 Å². The highest BCUT2D eigenvalue weighted by molar-refractivity contribution is 6.86. The van der Waals surface area contributed by atoms with E-state index in [-0.39, 0.29) is 6.98 Å². The van der Waals surface area contributed by atoms with Crippen molar-refractivity contribution in [2.24, 2.45) is 0 Å². The molecule has 0 spiro atoms. The largest absolute Gasteiger partial charge is 0.421 e. The number of allylic oxidation sites excluding steroid dienone is 5. The van der Waals surface area contributed by atoms with Gasteiger partial charge in [-0.15, -0.1) is 0 Å². The highest BCUT2D eigenvalue weighted by Gasteiger charge is 2.46. The van der Waals surface area contributed by atoms with Crippen molar-refractivity contribution in [3.8, 4) is 45.0 Å². The van der Waals surface area contributed by atoms with Crippen LogP contribution >= 0.6 is 0 Å². The number of benzene rings is 6. The van der Waals surface area contributed by atoms with Gasteiger partial charge in [-0.2, -0.15) is 0 Å². The van der Waals surface area contributed by atoms with Gasteiger partial charge in [-0.25, -0.2) is 15.0 Å². The first-order valence-electron chi connectivity index (χ1n) is 17.6. The lowest BCUT2D eigenvalue weighted by atomic mass is 9.53. The third-order valence-corrected chi connectivity index (χ3v) is 9.75. The van der Waals surface area contributed by atoms with Gasteiger partial charge in [-0.05, 0) is 59.9 Å². The number of fused-ring (bicyclic) bond motifs is 4. The number of rotatable bonds is 7. The Balaban J connectivity index is 1.27. The molecule has 52 heavy (non-hydrogen) atoms. The molecular weight excluding hydrogens is 633 g/mol. The van der Waals surface area contributed by atoms with Gasteiger partial charge in [0.05, 0.1) is 0 Å². The summed E-state index contributed by atoms with van der Waals surface area (Å²) in [7, 11) is 0. The van der Waals surface area contributed by atoms with Crippen LogP contribution in [0.2, 0.25) is 0 Å². The summed E-state index contributed by atoms with van der Waals surface area (Å²) in [6.07, 6.45) is 7.69. The van der Waals surface area contributed by atoms with Gasteiger partial charge >= 0.3 is 6.98 Å². The molecule has 9 rings (SSSR count). The molecule has 5 nitrogen and oxygen atoms in total. The van der Waals surface area contributed by atoms with Gasteiger partial charge in [0.1, 0.15) is 0 Å². The Bertz CT molecular complexity index is 2510. The van der Waals surface area contributed by atoms with Crippen LogP contribution < -0.4 is 15.1 Å². The van der Waals surface area contributed by atoms with Crippen LogP contribution in [0.3, 0.4) is 0 Å². The Morgan fingerprint density at radius 3 is 1.73 bits per heavy atom. The first kappa shape index (κ1) is 31.2. The lowest BCUT2D eigenvalue weighted by Crippen LogP contribution is -2.61. The molecule has 0 fully saturated rings. The van der Waals surface area contributed by atoms with Crippen molar-refractivity contribution in [1.29, 1.82) is 0 Å². The molecule has 2 aliphatic heterocycles. The Labute approximate surface area is 304 Å². The number of aromatic nitrogens is 3. The Kier molecular flexibility index (Phi) is 7.90. The van der Waals surface area contributed by atoms with E-state index >= 15 is 0 Å². The second-order valence-corrected chi connectivity index (χ2v) is 12.8. The normalized spacial score (nSPS) is 13.1. The van der Waals surface area contributed by atoms with Crippen molar-refractivity contribution in [1.82, 2.24) is 15.0 Å². The van der Waals surface area contributed by atoms with Crippen LogP contribution in [0.25, 0.3) is 50.6 Å². The van der Waals surface area contributed by atoms with Crippen molar-refractivity contribution >= 4 is 40.8 Å². The van der Waals surface area contributed by atoms with Crippen molar-refractivity contribution in [2.75, 3.05) is 9.62 Å². The molecule has 0 saturated carbocycles. The van der Waals surface area contributed by atoms with Crippen LogP contribution in [0.1, 0.15) is 12.7 Å². The molecule has 0 bridgehead atoms. The van der Waals surface area contributed by atoms with Crippen LogP contribution in [0.5, 0.6) is 0 Å². The molecule has 0 saturated heterocycles. The predicted octanol–water partition coefficient (Wildman–Crippen LogP) is 10.7. The number of nitrogens with zero attached hydrogens (tertiary/aromatic N) is 5. The van der Waals surface area contributed by atoms with E-state index in [1.807, 2.05) is 55.5 Å². The third kappa shape index (κ3) is 5.24. The lowest BCUT2D eigenvalue weighted by molar-refractivity contribution is 1.04. The smallest absolute Gasteiger partial charge is 0.361 e. The zero-order valence-electron chi connectivity index (χ0n) is 28.8. The molecule has 1 aromatic heterocycles. The molecule has 246 valence electrons. The molecule has 0 aliphatic carbocycles. The monoisotopic (exact) mass is 667 g/mol. The summed E-state index contributed by atoms with van der Waals surface area (Å²) in [6, 6.07) is 53.6. The van der Waals surface area contributed by atoms with E-state index in [0.29, 0.717) is 17.5 Å². The van der Waals surface area contributed by atoms with Gasteiger partial charge < -0.3 is 9.62 Å². The van der Waals surface area contributed by atoms with E-state index in [1.54, 1.807) is 6.08 Å². The number of para-hydroxylation sites is 3. The van der Waals surface area contributed by atoms with E-state index in [1.165, 1.54) is 33.4 Å². The molecule has 0 N–H and O–H groups in total. The van der Waals surface area contributed by atoms with Crippen LogP contribution in [-0.4, -0.2) is 21.9 Å². The van der Waals surface area contributed by atoms with Gasteiger partial charge in [0.25, 0.3) is 0 Å². The third-order valence-electron chi connectivity index (χ3n) is 9.75. The highest BCUT2D eigenvalue weighted by Crippen LogP contribution is 2.48. The number of hydrogen-bond acceptors (Lipinski definition) is 5. The fourth-order valence-electron chi connectivity index (χ4n) is 7.58. The van der Waals surface area contributed by atoms with Crippen LogP contribution in [0, 0.1) is 0 Å². The van der Waals surface area contributed by atoms with Crippen molar-refractivity contribution in [3.05, 3.63) is 188 Å². The highest BCUT2D eigenvalue weighted by atomic mass is 15.2. The van der Waals surface area contributed by atoms with Crippen molar-refractivity contribution in [2.45, 2.75) is 6.92 Å². The quantitative estimate of drug-likeness (QED) is 0.125. The molecule has 6 aromatic carbocycles. The van der Waals surface area contributed by atoms with Gasteiger partial charge in [0, 0.05) is 50.6 Å². The summed E-state index contributed by atoms with van der Waals surface area (Å²) in [5, 5.41) is 0. The zero-order valence-corrected chi connectivity index (χ0v) is 28.8. The summed E-state index contributed by atoms with van der Waals surface area (Å²) in [4.78, 5) is 20.0. The number of anilines is 4. The molecule has 0 radical (unpaired) electrons. The Morgan fingerprint density at radius 1 is 0.558 bits per heavy atom. The Hall–Kier alpha value is -6.79. The lowest BCUT2D eigenvalue weighted by Gasteiger charge is -2.47. The summed E-state index contributed by atoms with van der Waals surface area (Å²) < 4.78 is 0. The first-order chi connectivity index (χ1) is 25.7. The standard InChI is InChI=1S/C46H34BN5/c1-3-17-32(18-4-2)44-48-45(33-19-7-5-8-20-33)50-46(49-44)34-21-15-24-36(31-34)52-42-30-14-12-26-38(42)40-28-16-27-39-37-25-11-13-29-41(37)51(47(52)43(39)40)35-22-9-6-10-23-35/h3-31H,1H2,2H3/b18-4-,32-17+. The van der Waals surface area contributed by atoms with E-state index in [4.69, 9.17) is 15.0 Å². The average Bonchev–Trinajstić information content (AvgIpc) is 3.21. The predicted molar refractivity (Wildman–Crippen MR) is 217 cm³/mol. The first-order valence-corrected chi connectivity index (χ1v) is 17.6. The SMILES string of the molecule is C=C/C=C(\C=C/C)c1nc(-c2ccccc2)nc(-c2cccc(N3B4c5c(cccc5-c5ccccc53)-c3ccccc3N4c3ccccc3)c2)n1. The molecule has 0 unspecified atom stereocenters. The minimum atomic E-state index is -0.167. The van der Waals surface area contributed by atoms with E-state index < -0.39 is 0 Å². The van der Waals surface area contributed by atoms with E-state index in [0.717, 1.165) is 33.8 Å².